The van der Waals surface area contributed by atoms with Crippen LogP contribution in [0.2, 0.25) is 0 Å². The number of hydrogen-bond acceptors (Lipinski definition) is 3. The van der Waals surface area contributed by atoms with Gasteiger partial charge in [0.15, 0.2) is 0 Å². The first-order valence-corrected chi connectivity index (χ1v) is 7.89. The van der Waals surface area contributed by atoms with Gasteiger partial charge < -0.3 is 15.0 Å². The van der Waals surface area contributed by atoms with Crippen molar-refractivity contribution in [3.05, 3.63) is 54.1 Å². The maximum Gasteiger partial charge on any atom is 0.229 e. The van der Waals surface area contributed by atoms with E-state index in [1.54, 1.807) is 24.1 Å². The van der Waals surface area contributed by atoms with Crippen LogP contribution < -0.4 is 15.0 Å². The molecule has 2 amide bonds. The van der Waals surface area contributed by atoms with Gasteiger partial charge in [0.05, 0.1) is 18.7 Å². The van der Waals surface area contributed by atoms with Crippen LogP contribution >= 0.6 is 0 Å². The topological polar surface area (TPSA) is 58.6 Å². The third kappa shape index (κ3) is 3.25. The van der Waals surface area contributed by atoms with Crippen molar-refractivity contribution in [3.63, 3.8) is 0 Å². The summed E-state index contributed by atoms with van der Waals surface area (Å²) in [6.45, 7) is 2.39. The van der Waals surface area contributed by atoms with E-state index >= 15 is 0 Å². The highest BCUT2D eigenvalue weighted by Crippen LogP contribution is 2.28. The molecule has 1 aliphatic rings. The monoisotopic (exact) mass is 324 g/mol. The average Bonchev–Trinajstić information content (AvgIpc) is 2.98. The van der Waals surface area contributed by atoms with Crippen LogP contribution in [0.1, 0.15) is 12.0 Å². The van der Waals surface area contributed by atoms with Gasteiger partial charge in [-0.2, -0.15) is 0 Å². The lowest BCUT2D eigenvalue weighted by Gasteiger charge is -2.17. The van der Waals surface area contributed by atoms with Gasteiger partial charge >= 0.3 is 0 Å². The van der Waals surface area contributed by atoms with Gasteiger partial charge in [-0.25, -0.2) is 0 Å². The summed E-state index contributed by atoms with van der Waals surface area (Å²) < 4.78 is 5.24. The summed E-state index contributed by atoms with van der Waals surface area (Å²) >= 11 is 0. The number of ether oxygens (including phenoxy) is 1. The van der Waals surface area contributed by atoms with Crippen molar-refractivity contribution in [2.24, 2.45) is 5.92 Å². The smallest absolute Gasteiger partial charge is 0.229 e. The van der Waals surface area contributed by atoms with E-state index in [-0.39, 0.29) is 24.2 Å². The molecule has 0 aromatic heterocycles. The molecular formula is C19H20N2O3. The highest BCUT2D eigenvalue weighted by atomic mass is 16.5. The zero-order chi connectivity index (χ0) is 17.1. The van der Waals surface area contributed by atoms with Crippen molar-refractivity contribution < 1.29 is 14.3 Å². The first kappa shape index (κ1) is 16.1. The predicted molar refractivity (Wildman–Crippen MR) is 93.3 cm³/mol. The SMILES string of the molecule is COc1ccccc1NC(=O)C1CC(=O)N(c2ccc(C)cc2)C1. The highest BCUT2D eigenvalue weighted by molar-refractivity contribution is 6.03. The number of anilines is 2. The minimum atomic E-state index is -0.372. The Hall–Kier alpha value is -2.82. The molecule has 2 aromatic rings. The molecule has 124 valence electrons. The number of nitrogens with zero attached hydrogens (tertiary/aromatic N) is 1. The summed E-state index contributed by atoms with van der Waals surface area (Å²) in [6, 6.07) is 15.0. The van der Waals surface area contributed by atoms with Crippen LogP contribution in [0.15, 0.2) is 48.5 Å². The largest absolute Gasteiger partial charge is 0.495 e. The molecule has 24 heavy (non-hydrogen) atoms. The Labute approximate surface area is 141 Å². The van der Waals surface area contributed by atoms with Crippen molar-refractivity contribution >= 4 is 23.2 Å². The van der Waals surface area contributed by atoms with Crippen LogP contribution in [0.3, 0.4) is 0 Å². The van der Waals surface area contributed by atoms with E-state index < -0.39 is 0 Å². The van der Waals surface area contributed by atoms with Crippen molar-refractivity contribution in [2.75, 3.05) is 23.9 Å². The van der Waals surface area contributed by atoms with Crippen LogP contribution in [0.4, 0.5) is 11.4 Å². The van der Waals surface area contributed by atoms with Gasteiger partial charge in [0.2, 0.25) is 11.8 Å². The molecule has 3 rings (SSSR count). The Morgan fingerprint density at radius 1 is 1.17 bits per heavy atom. The molecule has 1 saturated heterocycles. The summed E-state index contributed by atoms with van der Waals surface area (Å²) in [5.74, 6) is 0.0378. The Balaban J connectivity index is 1.71. The normalized spacial score (nSPS) is 17.0. The number of aryl methyl sites for hydroxylation is 1. The van der Waals surface area contributed by atoms with Gasteiger partial charge in [-0.1, -0.05) is 29.8 Å². The second-order valence-electron chi connectivity index (χ2n) is 5.93. The van der Waals surface area contributed by atoms with Gasteiger partial charge in [0, 0.05) is 18.7 Å². The molecule has 1 atom stereocenters. The van der Waals surface area contributed by atoms with E-state index in [9.17, 15) is 9.59 Å². The zero-order valence-corrected chi connectivity index (χ0v) is 13.8. The minimum absolute atomic E-state index is 0.0287. The molecule has 5 nitrogen and oxygen atoms in total. The van der Waals surface area contributed by atoms with Crippen molar-refractivity contribution in [2.45, 2.75) is 13.3 Å². The number of para-hydroxylation sites is 2. The van der Waals surface area contributed by atoms with E-state index in [0.717, 1.165) is 11.3 Å². The van der Waals surface area contributed by atoms with Gasteiger partial charge in [-0.15, -0.1) is 0 Å². The molecule has 1 unspecified atom stereocenters. The second kappa shape index (κ2) is 6.74. The Morgan fingerprint density at radius 2 is 1.88 bits per heavy atom. The number of carbonyl (C=O) groups is 2. The van der Waals surface area contributed by atoms with Crippen LogP contribution in [0.25, 0.3) is 0 Å². The van der Waals surface area contributed by atoms with Gasteiger partial charge in [-0.05, 0) is 31.2 Å². The first-order chi connectivity index (χ1) is 11.6. The predicted octanol–water partition coefficient (Wildman–Crippen LogP) is 3.00. The van der Waals surface area contributed by atoms with Crippen molar-refractivity contribution in [1.82, 2.24) is 0 Å². The van der Waals surface area contributed by atoms with E-state index in [4.69, 9.17) is 4.74 Å². The fourth-order valence-electron chi connectivity index (χ4n) is 2.84. The Kier molecular flexibility index (Phi) is 4.51. The Morgan fingerprint density at radius 3 is 2.58 bits per heavy atom. The third-order valence-corrected chi connectivity index (χ3v) is 4.21. The highest BCUT2D eigenvalue weighted by Gasteiger charge is 2.35. The maximum absolute atomic E-state index is 12.5. The average molecular weight is 324 g/mol. The summed E-state index contributed by atoms with van der Waals surface area (Å²) in [7, 11) is 1.56. The molecule has 2 aromatic carbocycles. The fraction of sp³-hybridized carbons (Fsp3) is 0.263. The van der Waals surface area contributed by atoms with Crippen LogP contribution in [-0.4, -0.2) is 25.5 Å². The Bertz CT molecular complexity index is 755. The molecule has 1 N–H and O–H groups in total. The molecule has 5 heteroatoms. The standard InChI is InChI=1S/C19H20N2O3/c1-13-7-9-15(10-8-13)21-12-14(11-18(21)22)19(23)20-16-5-3-4-6-17(16)24-2/h3-10,14H,11-12H2,1-2H3,(H,20,23). The number of methoxy groups -OCH3 is 1. The number of hydrogen-bond donors (Lipinski definition) is 1. The third-order valence-electron chi connectivity index (χ3n) is 4.21. The zero-order valence-electron chi connectivity index (χ0n) is 13.8. The molecule has 0 aliphatic carbocycles. The van der Waals surface area contributed by atoms with Crippen LogP contribution in [0.5, 0.6) is 5.75 Å². The second-order valence-corrected chi connectivity index (χ2v) is 5.93. The van der Waals surface area contributed by atoms with Crippen LogP contribution in [0, 0.1) is 12.8 Å². The van der Waals surface area contributed by atoms with Crippen molar-refractivity contribution in [3.8, 4) is 5.75 Å². The number of nitrogens with one attached hydrogen (secondary N) is 1. The molecule has 0 spiro atoms. The fourth-order valence-corrected chi connectivity index (χ4v) is 2.84. The lowest BCUT2D eigenvalue weighted by molar-refractivity contribution is -0.122. The summed E-state index contributed by atoms with van der Waals surface area (Å²) in [5, 5.41) is 2.86. The quantitative estimate of drug-likeness (QED) is 0.940. The number of amides is 2. The number of benzene rings is 2. The van der Waals surface area contributed by atoms with Gasteiger partial charge in [0.1, 0.15) is 5.75 Å². The first-order valence-electron chi connectivity index (χ1n) is 7.89. The number of carbonyl (C=O) groups excluding carboxylic acids is 2. The lowest BCUT2D eigenvalue weighted by atomic mass is 10.1. The molecular weight excluding hydrogens is 304 g/mol. The van der Waals surface area contributed by atoms with E-state index in [0.29, 0.717) is 18.0 Å². The molecule has 1 fully saturated rings. The van der Waals surface area contributed by atoms with E-state index in [1.165, 1.54) is 0 Å². The molecule has 0 radical (unpaired) electrons. The summed E-state index contributed by atoms with van der Waals surface area (Å²) in [6.07, 6.45) is 0.217. The molecule has 1 aliphatic heterocycles. The van der Waals surface area contributed by atoms with Crippen molar-refractivity contribution in [1.29, 1.82) is 0 Å². The van der Waals surface area contributed by atoms with E-state index in [1.807, 2.05) is 43.3 Å². The van der Waals surface area contributed by atoms with Gasteiger partial charge in [0.25, 0.3) is 0 Å². The molecule has 1 heterocycles. The lowest BCUT2D eigenvalue weighted by Crippen LogP contribution is -2.28. The van der Waals surface area contributed by atoms with Gasteiger partial charge in [-0.3, -0.25) is 9.59 Å². The maximum atomic E-state index is 12.5. The number of rotatable bonds is 4. The van der Waals surface area contributed by atoms with E-state index in [2.05, 4.69) is 5.32 Å². The molecule has 0 bridgehead atoms. The summed E-state index contributed by atoms with van der Waals surface area (Å²) in [5.41, 5.74) is 2.58. The van der Waals surface area contributed by atoms with Crippen LogP contribution in [-0.2, 0) is 9.59 Å². The molecule has 0 saturated carbocycles. The summed E-state index contributed by atoms with van der Waals surface area (Å²) in [4.78, 5) is 26.5. The minimum Gasteiger partial charge on any atom is -0.495 e.